The van der Waals surface area contributed by atoms with E-state index in [2.05, 4.69) is 25.0 Å². The number of halogens is 1. The zero-order valence-corrected chi connectivity index (χ0v) is 16.4. The molecule has 1 N–H and O–H groups in total. The van der Waals surface area contributed by atoms with Crippen molar-refractivity contribution in [3.05, 3.63) is 75.4 Å². The summed E-state index contributed by atoms with van der Waals surface area (Å²) in [6, 6.07) is 10.9. The summed E-state index contributed by atoms with van der Waals surface area (Å²) in [6.45, 7) is 3.82. The first kappa shape index (κ1) is 17.5. The fourth-order valence-corrected chi connectivity index (χ4v) is 3.56. The van der Waals surface area contributed by atoms with Gasteiger partial charge in [0.15, 0.2) is 17.0 Å². The monoisotopic (exact) mass is 402 g/mol. The van der Waals surface area contributed by atoms with Gasteiger partial charge in [0.1, 0.15) is 5.69 Å². The topological polar surface area (TPSA) is 89.4 Å². The minimum absolute atomic E-state index is 0.208. The lowest BCUT2D eigenvalue weighted by Gasteiger charge is -2.11. The first-order chi connectivity index (χ1) is 14.0. The van der Waals surface area contributed by atoms with Gasteiger partial charge < -0.3 is 4.98 Å². The van der Waals surface area contributed by atoms with Crippen molar-refractivity contribution in [3.8, 4) is 17.1 Å². The van der Waals surface area contributed by atoms with Crippen LogP contribution in [0, 0.1) is 13.8 Å². The molecule has 0 aliphatic carbocycles. The van der Waals surface area contributed by atoms with Gasteiger partial charge in [-0.25, -0.2) is 14.6 Å². The van der Waals surface area contributed by atoms with Gasteiger partial charge in [0.2, 0.25) is 5.43 Å². The quantitative estimate of drug-likeness (QED) is 0.482. The predicted octanol–water partition coefficient (Wildman–Crippen LogP) is 3.99. The second-order valence-electron chi connectivity index (χ2n) is 6.82. The molecule has 0 saturated heterocycles. The summed E-state index contributed by atoms with van der Waals surface area (Å²) >= 11 is 6.54. The smallest absolute Gasteiger partial charge is 0.209 e. The van der Waals surface area contributed by atoms with Gasteiger partial charge in [0.05, 0.1) is 16.2 Å². The summed E-state index contributed by atoms with van der Waals surface area (Å²) in [5, 5.41) is 5.86. The third kappa shape index (κ3) is 2.96. The Labute approximate surface area is 170 Å². The third-order valence-corrected chi connectivity index (χ3v) is 4.95. The number of benzene rings is 1. The molecule has 0 aliphatic rings. The number of nitrogens with one attached hydrogen (secondary N) is 1. The Bertz CT molecular complexity index is 1470. The van der Waals surface area contributed by atoms with E-state index in [-0.39, 0.29) is 10.9 Å². The van der Waals surface area contributed by atoms with Crippen LogP contribution in [0.3, 0.4) is 0 Å². The van der Waals surface area contributed by atoms with Crippen LogP contribution in [0.25, 0.3) is 39.1 Å². The molecule has 7 nitrogen and oxygen atoms in total. The van der Waals surface area contributed by atoms with E-state index in [1.54, 1.807) is 16.9 Å². The lowest BCUT2D eigenvalue weighted by molar-refractivity contribution is 0.832. The number of rotatable bonds is 2. The van der Waals surface area contributed by atoms with Crippen LogP contribution in [-0.4, -0.2) is 29.7 Å². The van der Waals surface area contributed by atoms with Crippen LogP contribution in [0.15, 0.2) is 53.6 Å². The predicted molar refractivity (Wildman–Crippen MR) is 113 cm³/mol. The van der Waals surface area contributed by atoms with Crippen molar-refractivity contribution in [1.82, 2.24) is 29.7 Å². The molecule has 8 heteroatoms. The van der Waals surface area contributed by atoms with E-state index in [0.29, 0.717) is 22.2 Å². The van der Waals surface area contributed by atoms with Crippen LogP contribution in [0.5, 0.6) is 0 Å². The zero-order chi connectivity index (χ0) is 20.1. The number of hydrogen-bond donors (Lipinski definition) is 1. The van der Waals surface area contributed by atoms with E-state index < -0.39 is 0 Å². The number of aromatic amines is 1. The molecule has 142 valence electrons. The minimum atomic E-state index is -0.208. The van der Waals surface area contributed by atoms with Gasteiger partial charge in [-0.2, -0.15) is 5.10 Å². The number of pyridine rings is 2. The molecule has 0 amide bonds. The molecular formula is C21H15ClN6O. The highest BCUT2D eigenvalue weighted by atomic mass is 35.5. The number of nitrogens with zero attached hydrogens (tertiary/aromatic N) is 5. The van der Waals surface area contributed by atoms with E-state index in [1.165, 1.54) is 6.07 Å². The highest BCUT2D eigenvalue weighted by molar-refractivity contribution is 6.35. The summed E-state index contributed by atoms with van der Waals surface area (Å²) in [7, 11) is 0. The summed E-state index contributed by atoms with van der Waals surface area (Å²) in [5.74, 6) is 0.503. The molecule has 4 aromatic heterocycles. The second kappa shape index (κ2) is 6.49. The standard InChI is InChI=1S/C21H15ClN6O/c1-11-3-4-13-9-14(10-15(22)17(13)24-11)18-21(28-8-6-12(2)27-28)26-20-19(25-18)16(29)5-7-23-20/h3-10H,1-2H3,(H,23,26,29). The Morgan fingerprint density at radius 1 is 0.966 bits per heavy atom. The fraction of sp³-hybridized carbons (Fsp3) is 0.0952. The molecule has 0 unspecified atom stereocenters. The number of hydrogen-bond acceptors (Lipinski definition) is 5. The van der Waals surface area contributed by atoms with Crippen molar-refractivity contribution in [2.24, 2.45) is 0 Å². The maximum atomic E-state index is 12.3. The number of fused-ring (bicyclic) bond motifs is 2. The summed E-state index contributed by atoms with van der Waals surface area (Å²) in [5.41, 5.74) is 4.14. The summed E-state index contributed by atoms with van der Waals surface area (Å²) < 4.78 is 1.65. The second-order valence-corrected chi connectivity index (χ2v) is 7.23. The molecule has 0 saturated carbocycles. The minimum Gasteiger partial charge on any atom is -0.345 e. The Balaban J connectivity index is 1.86. The van der Waals surface area contributed by atoms with Gasteiger partial charge in [0.25, 0.3) is 0 Å². The van der Waals surface area contributed by atoms with Crippen LogP contribution >= 0.6 is 11.6 Å². The van der Waals surface area contributed by atoms with Crippen molar-refractivity contribution in [2.45, 2.75) is 13.8 Å². The summed E-state index contributed by atoms with van der Waals surface area (Å²) in [6.07, 6.45) is 3.36. The lowest BCUT2D eigenvalue weighted by Crippen LogP contribution is -2.10. The highest BCUT2D eigenvalue weighted by Crippen LogP contribution is 2.32. The summed E-state index contributed by atoms with van der Waals surface area (Å²) in [4.78, 5) is 29.1. The first-order valence-corrected chi connectivity index (χ1v) is 9.37. The molecule has 1 aromatic carbocycles. The Morgan fingerprint density at radius 3 is 2.62 bits per heavy atom. The average Bonchev–Trinajstić information content (AvgIpc) is 3.14. The molecule has 5 rings (SSSR count). The van der Waals surface area contributed by atoms with Gasteiger partial charge in [-0.15, -0.1) is 0 Å². The van der Waals surface area contributed by atoms with Crippen LogP contribution in [0.1, 0.15) is 11.4 Å². The molecule has 0 bridgehead atoms. The van der Waals surface area contributed by atoms with Crippen LogP contribution in [0.2, 0.25) is 5.02 Å². The molecule has 4 heterocycles. The van der Waals surface area contributed by atoms with Crippen LogP contribution in [-0.2, 0) is 0 Å². The normalized spacial score (nSPS) is 11.4. The van der Waals surface area contributed by atoms with Crippen LogP contribution in [0.4, 0.5) is 0 Å². The maximum absolute atomic E-state index is 12.3. The molecule has 5 aromatic rings. The molecule has 0 spiro atoms. The SMILES string of the molecule is Cc1ccc2cc(-c3nc4c(=O)cc[nH]c4nc3-n3ccc(C)n3)cc(Cl)c2n1. The number of aromatic nitrogens is 6. The molecular weight excluding hydrogens is 388 g/mol. The Hall–Kier alpha value is -3.58. The van der Waals surface area contributed by atoms with Crippen molar-refractivity contribution < 1.29 is 0 Å². The zero-order valence-electron chi connectivity index (χ0n) is 15.6. The lowest BCUT2D eigenvalue weighted by atomic mass is 10.1. The van der Waals surface area contributed by atoms with Crippen molar-refractivity contribution in [2.75, 3.05) is 0 Å². The third-order valence-electron chi connectivity index (χ3n) is 4.66. The van der Waals surface area contributed by atoms with E-state index in [1.807, 2.05) is 44.3 Å². The molecule has 0 radical (unpaired) electrons. The van der Waals surface area contributed by atoms with Gasteiger partial charge in [0, 0.05) is 35.1 Å². The van der Waals surface area contributed by atoms with E-state index in [4.69, 9.17) is 11.6 Å². The van der Waals surface area contributed by atoms with Crippen molar-refractivity contribution in [3.63, 3.8) is 0 Å². The largest absolute Gasteiger partial charge is 0.345 e. The average molecular weight is 403 g/mol. The number of aryl methyl sites for hydroxylation is 2. The van der Waals surface area contributed by atoms with E-state index in [0.717, 1.165) is 27.9 Å². The van der Waals surface area contributed by atoms with E-state index >= 15 is 0 Å². The Kier molecular flexibility index (Phi) is 3.92. The maximum Gasteiger partial charge on any atom is 0.209 e. The molecule has 29 heavy (non-hydrogen) atoms. The van der Waals surface area contributed by atoms with Gasteiger partial charge >= 0.3 is 0 Å². The van der Waals surface area contributed by atoms with Gasteiger partial charge in [-0.05, 0) is 38.1 Å². The van der Waals surface area contributed by atoms with Crippen molar-refractivity contribution in [1.29, 1.82) is 0 Å². The molecule has 0 fully saturated rings. The van der Waals surface area contributed by atoms with Gasteiger partial charge in [-0.3, -0.25) is 9.78 Å². The number of H-pyrrole nitrogens is 1. The highest BCUT2D eigenvalue weighted by Gasteiger charge is 2.17. The first-order valence-electron chi connectivity index (χ1n) is 8.99. The molecule has 0 aliphatic heterocycles. The fourth-order valence-electron chi connectivity index (χ4n) is 3.29. The van der Waals surface area contributed by atoms with Gasteiger partial charge in [-0.1, -0.05) is 17.7 Å². The van der Waals surface area contributed by atoms with E-state index in [9.17, 15) is 4.79 Å². The Morgan fingerprint density at radius 2 is 1.83 bits per heavy atom. The van der Waals surface area contributed by atoms with Crippen LogP contribution < -0.4 is 5.43 Å². The van der Waals surface area contributed by atoms with Crippen molar-refractivity contribution >= 4 is 33.7 Å². The molecule has 0 atom stereocenters.